The Kier molecular flexibility index (Phi) is 4.62. The second-order valence-corrected chi connectivity index (χ2v) is 6.97. The summed E-state index contributed by atoms with van der Waals surface area (Å²) in [6.07, 6.45) is 0.226. The van der Waals surface area contributed by atoms with Crippen LogP contribution in [-0.2, 0) is 4.79 Å². The molecule has 0 saturated carbocycles. The van der Waals surface area contributed by atoms with Gasteiger partial charge in [0.15, 0.2) is 0 Å². The van der Waals surface area contributed by atoms with Crippen molar-refractivity contribution in [1.29, 1.82) is 0 Å². The highest BCUT2D eigenvalue weighted by Crippen LogP contribution is 2.28. The van der Waals surface area contributed by atoms with Gasteiger partial charge in [-0.05, 0) is 11.6 Å². The molecule has 144 valence electrons. The number of aromatic nitrogens is 2. The lowest BCUT2D eigenvalue weighted by molar-refractivity contribution is -0.117. The first kappa shape index (κ1) is 17.9. The van der Waals surface area contributed by atoms with Gasteiger partial charge in [-0.15, -0.1) is 0 Å². The summed E-state index contributed by atoms with van der Waals surface area (Å²) < 4.78 is 0. The summed E-state index contributed by atoms with van der Waals surface area (Å²) in [7, 11) is 0. The number of benzene rings is 3. The van der Waals surface area contributed by atoms with Gasteiger partial charge in [-0.1, -0.05) is 91.0 Å². The van der Waals surface area contributed by atoms with Crippen LogP contribution in [0, 0.1) is 0 Å². The van der Waals surface area contributed by atoms with Crippen molar-refractivity contribution < 1.29 is 4.79 Å². The maximum atomic E-state index is 12.8. The molecule has 5 heteroatoms. The predicted octanol–water partition coefficient (Wildman–Crippen LogP) is 4.95. The number of carbonyl (C=O) groups excluding carboxylic acids is 1. The average Bonchev–Trinajstić information content (AvgIpc) is 3.22. The van der Waals surface area contributed by atoms with Gasteiger partial charge >= 0.3 is 0 Å². The number of hydrogen-bond donors (Lipinski definition) is 0. The van der Waals surface area contributed by atoms with Crippen LogP contribution in [0.25, 0.3) is 22.5 Å². The molecule has 0 N–H and O–H groups in total. The third-order valence-corrected chi connectivity index (χ3v) is 4.93. The summed E-state index contributed by atoms with van der Waals surface area (Å²) >= 11 is 0. The van der Waals surface area contributed by atoms with Gasteiger partial charge in [-0.25, -0.2) is 9.97 Å². The first-order chi connectivity index (χ1) is 14.8. The van der Waals surface area contributed by atoms with E-state index in [-0.39, 0.29) is 18.3 Å². The van der Waals surface area contributed by atoms with E-state index in [2.05, 4.69) is 15.1 Å². The molecule has 1 aromatic heterocycles. The maximum absolute atomic E-state index is 12.8. The van der Waals surface area contributed by atoms with E-state index in [1.807, 2.05) is 97.1 Å². The summed E-state index contributed by atoms with van der Waals surface area (Å²) in [5.41, 5.74) is 5.05. The molecule has 0 radical (unpaired) electrons. The van der Waals surface area contributed by atoms with Gasteiger partial charge in [0.1, 0.15) is 0 Å². The van der Waals surface area contributed by atoms with Crippen LogP contribution >= 0.6 is 0 Å². The minimum absolute atomic E-state index is 0.141. The first-order valence-electron chi connectivity index (χ1n) is 9.74. The van der Waals surface area contributed by atoms with Crippen LogP contribution in [0.5, 0.6) is 0 Å². The zero-order chi connectivity index (χ0) is 20.3. The summed E-state index contributed by atoms with van der Waals surface area (Å²) in [6.45, 7) is 0. The molecule has 1 aliphatic heterocycles. The zero-order valence-electron chi connectivity index (χ0n) is 16.1. The van der Waals surface area contributed by atoms with E-state index in [1.165, 1.54) is 5.01 Å². The lowest BCUT2D eigenvalue weighted by atomic mass is 10.1. The molecule has 1 aliphatic rings. The Hall–Kier alpha value is -4.12. The summed E-state index contributed by atoms with van der Waals surface area (Å²) in [4.78, 5) is 22.1. The van der Waals surface area contributed by atoms with Crippen molar-refractivity contribution in [3.63, 3.8) is 0 Å². The van der Waals surface area contributed by atoms with Gasteiger partial charge in [-0.2, -0.15) is 10.1 Å². The minimum Gasteiger partial charge on any atom is -0.272 e. The van der Waals surface area contributed by atoms with Gasteiger partial charge < -0.3 is 0 Å². The largest absolute Gasteiger partial charge is 0.272 e. The number of carbonyl (C=O) groups is 1. The van der Waals surface area contributed by atoms with Gasteiger partial charge in [0, 0.05) is 11.1 Å². The topological polar surface area (TPSA) is 58.5 Å². The standard InChI is InChI=1S/C25H18N4O/c30-24-17-23(20-14-8-3-9-15-20)28-29(24)25-26-21(18-10-4-1-5-11-18)16-22(27-25)19-12-6-2-7-13-19/h1-16H,17H2. The van der Waals surface area contributed by atoms with Gasteiger partial charge in [0.25, 0.3) is 11.9 Å². The molecule has 0 fully saturated rings. The first-order valence-corrected chi connectivity index (χ1v) is 9.74. The van der Waals surface area contributed by atoms with E-state index >= 15 is 0 Å². The second kappa shape index (κ2) is 7.72. The molecule has 1 amide bonds. The maximum Gasteiger partial charge on any atom is 0.256 e. The van der Waals surface area contributed by atoms with E-state index in [0.29, 0.717) is 0 Å². The number of anilines is 1. The molecule has 5 nitrogen and oxygen atoms in total. The molecule has 0 spiro atoms. The lowest BCUT2D eigenvalue weighted by Gasteiger charge is -2.13. The molecule has 5 rings (SSSR count). The molecule has 0 bridgehead atoms. The highest BCUT2D eigenvalue weighted by Gasteiger charge is 2.28. The fraction of sp³-hybridized carbons (Fsp3) is 0.0400. The second-order valence-electron chi connectivity index (χ2n) is 6.97. The van der Waals surface area contributed by atoms with Crippen LogP contribution in [0.2, 0.25) is 0 Å². The molecule has 0 atom stereocenters. The van der Waals surface area contributed by atoms with E-state index in [0.717, 1.165) is 33.8 Å². The van der Waals surface area contributed by atoms with Crippen molar-refractivity contribution >= 4 is 17.6 Å². The van der Waals surface area contributed by atoms with Crippen molar-refractivity contribution in [3.05, 3.63) is 103 Å². The van der Waals surface area contributed by atoms with Gasteiger partial charge in [-0.3, -0.25) is 4.79 Å². The Morgan fingerprint density at radius 2 is 1.10 bits per heavy atom. The Morgan fingerprint density at radius 1 is 0.633 bits per heavy atom. The smallest absolute Gasteiger partial charge is 0.256 e. The Bertz CT molecular complexity index is 1160. The number of hydrogen-bond acceptors (Lipinski definition) is 4. The molecule has 2 heterocycles. The summed E-state index contributed by atoms with van der Waals surface area (Å²) in [5, 5.41) is 5.88. The molecular formula is C25H18N4O. The molecule has 30 heavy (non-hydrogen) atoms. The zero-order valence-corrected chi connectivity index (χ0v) is 16.1. The lowest BCUT2D eigenvalue weighted by Crippen LogP contribution is -2.22. The minimum atomic E-state index is -0.141. The monoisotopic (exact) mass is 390 g/mol. The normalized spacial score (nSPS) is 13.4. The fourth-order valence-electron chi connectivity index (χ4n) is 3.42. The quantitative estimate of drug-likeness (QED) is 0.495. The van der Waals surface area contributed by atoms with Crippen molar-refractivity contribution in [2.45, 2.75) is 6.42 Å². The van der Waals surface area contributed by atoms with E-state index in [1.54, 1.807) is 0 Å². The number of nitrogens with zero attached hydrogens (tertiary/aromatic N) is 4. The average molecular weight is 390 g/mol. The van der Waals surface area contributed by atoms with Gasteiger partial charge in [0.2, 0.25) is 0 Å². The highest BCUT2D eigenvalue weighted by molar-refractivity contribution is 6.18. The highest BCUT2D eigenvalue weighted by atomic mass is 16.2. The van der Waals surface area contributed by atoms with Crippen LogP contribution < -0.4 is 5.01 Å². The van der Waals surface area contributed by atoms with Crippen molar-refractivity contribution in [1.82, 2.24) is 9.97 Å². The Morgan fingerprint density at radius 3 is 1.60 bits per heavy atom. The van der Waals surface area contributed by atoms with Crippen molar-refractivity contribution in [2.24, 2.45) is 5.10 Å². The SMILES string of the molecule is O=C1CC(c2ccccc2)=NN1c1nc(-c2ccccc2)cc(-c2ccccc2)n1. The number of amides is 1. The molecule has 0 unspecified atom stereocenters. The molecular weight excluding hydrogens is 372 g/mol. The van der Waals surface area contributed by atoms with Crippen LogP contribution in [0.1, 0.15) is 12.0 Å². The third-order valence-electron chi connectivity index (χ3n) is 4.93. The van der Waals surface area contributed by atoms with E-state index < -0.39 is 0 Å². The van der Waals surface area contributed by atoms with E-state index in [4.69, 9.17) is 0 Å². The molecule has 4 aromatic rings. The van der Waals surface area contributed by atoms with E-state index in [9.17, 15) is 4.79 Å². The molecule has 0 aliphatic carbocycles. The number of rotatable bonds is 4. The Balaban J connectivity index is 1.62. The molecule has 3 aromatic carbocycles. The summed E-state index contributed by atoms with van der Waals surface area (Å²) in [5.74, 6) is 0.143. The third kappa shape index (κ3) is 3.49. The van der Waals surface area contributed by atoms with Crippen LogP contribution in [0.15, 0.2) is 102 Å². The Labute approximate surface area is 174 Å². The van der Waals surface area contributed by atoms with Crippen LogP contribution in [-0.4, -0.2) is 21.6 Å². The predicted molar refractivity (Wildman–Crippen MR) is 118 cm³/mol. The van der Waals surface area contributed by atoms with Crippen molar-refractivity contribution in [3.8, 4) is 22.5 Å². The summed E-state index contributed by atoms with van der Waals surface area (Å²) in [6, 6.07) is 31.4. The molecule has 0 saturated heterocycles. The fourth-order valence-corrected chi connectivity index (χ4v) is 3.42. The van der Waals surface area contributed by atoms with Crippen LogP contribution in [0.4, 0.5) is 5.95 Å². The van der Waals surface area contributed by atoms with Crippen LogP contribution in [0.3, 0.4) is 0 Å². The van der Waals surface area contributed by atoms with Gasteiger partial charge in [0.05, 0.1) is 23.5 Å². The number of hydrazone groups is 1. The van der Waals surface area contributed by atoms with Crippen molar-refractivity contribution in [2.75, 3.05) is 5.01 Å².